The number of aromatic nitrogens is 5. The van der Waals surface area contributed by atoms with E-state index < -0.39 is 0 Å². The predicted octanol–water partition coefficient (Wildman–Crippen LogP) is 2.22. The Hall–Kier alpha value is -2.68. The maximum atomic E-state index is 5.69. The third-order valence-corrected chi connectivity index (χ3v) is 4.45. The summed E-state index contributed by atoms with van der Waals surface area (Å²) in [5.74, 6) is 3.53. The molecule has 4 rings (SSSR count). The van der Waals surface area contributed by atoms with E-state index in [1.54, 1.807) is 0 Å². The first-order valence-electron chi connectivity index (χ1n) is 8.01. The van der Waals surface area contributed by atoms with E-state index in [2.05, 4.69) is 29.1 Å². The van der Waals surface area contributed by atoms with Crippen LogP contribution in [0.3, 0.4) is 0 Å². The maximum absolute atomic E-state index is 5.69. The molecule has 0 atom stereocenters. The lowest BCUT2D eigenvalue weighted by molar-refractivity contribution is 0.174. The Morgan fingerprint density at radius 1 is 1.24 bits per heavy atom. The van der Waals surface area contributed by atoms with Gasteiger partial charge in [-0.15, -0.1) is 10.2 Å². The summed E-state index contributed by atoms with van der Waals surface area (Å²) in [5.41, 5.74) is 6.56. The van der Waals surface area contributed by atoms with Gasteiger partial charge in [0, 0.05) is 12.5 Å². The first-order valence-corrected chi connectivity index (χ1v) is 8.83. The van der Waals surface area contributed by atoms with Gasteiger partial charge in [-0.25, -0.2) is 9.67 Å². The molecule has 0 saturated carbocycles. The molecule has 2 N–H and O–H groups in total. The maximum Gasteiger partial charge on any atom is 0.231 e. The Balaban J connectivity index is 1.72. The Morgan fingerprint density at radius 3 is 2.84 bits per heavy atom. The van der Waals surface area contributed by atoms with Crippen molar-refractivity contribution < 1.29 is 9.47 Å². The van der Waals surface area contributed by atoms with E-state index in [9.17, 15) is 0 Å². The summed E-state index contributed by atoms with van der Waals surface area (Å²) in [4.78, 5) is 4.70. The second-order valence-corrected chi connectivity index (χ2v) is 7.30. The number of benzene rings is 1. The lowest BCUT2D eigenvalue weighted by Crippen LogP contribution is -2.04. The lowest BCUT2D eigenvalue weighted by Gasteiger charge is -2.06. The van der Waals surface area contributed by atoms with Crippen LogP contribution in [0.5, 0.6) is 11.5 Å². The average Bonchev–Trinajstić information content (AvgIpc) is 3.26. The van der Waals surface area contributed by atoms with Gasteiger partial charge in [0.05, 0.1) is 12.1 Å². The summed E-state index contributed by atoms with van der Waals surface area (Å²) in [5, 5.41) is 13.9. The Morgan fingerprint density at radius 2 is 2.08 bits per heavy atom. The van der Waals surface area contributed by atoms with Crippen molar-refractivity contribution in [1.29, 1.82) is 0 Å². The fourth-order valence-corrected chi connectivity index (χ4v) is 3.26. The molecule has 1 aromatic carbocycles. The molecule has 3 aromatic rings. The van der Waals surface area contributed by atoms with E-state index in [-0.39, 0.29) is 6.79 Å². The van der Waals surface area contributed by atoms with Crippen LogP contribution in [0.15, 0.2) is 18.2 Å². The summed E-state index contributed by atoms with van der Waals surface area (Å²) >= 11 is 1.36. The zero-order valence-corrected chi connectivity index (χ0v) is 14.8. The highest BCUT2D eigenvalue weighted by molar-refractivity contribution is 7.15. The lowest BCUT2D eigenvalue weighted by atomic mass is 10.1. The highest BCUT2D eigenvalue weighted by atomic mass is 32.1. The van der Waals surface area contributed by atoms with Gasteiger partial charge in [-0.1, -0.05) is 25.2 Å². The molecular weight excluding hydrogens is 340 g/mol. The van der Waals surface area contributed by atoms with Crippen LogP contribution in [-0.4, -0.2) is 31.8 Å². The molecule has 0 amide bonds. The highest BCUT2D eigenvalue weighted by Gasteiger charge is 2.19. The molecule has 130 valence electrons. The summed E-state index contributed by atoms with van der Waals surface area (Å²) in [6.45, 7) is 4.53. The molecule has 8 nitrogen and oxygen atoms in total. The van der Waals surface area contributed by atoms with Crippen molar-refractivity contribution in [1.82, 2.24) is 25.0 Å². The van der Waals surface area contributed by atoms with E-state index in [1.807, 2.05) is 22.9 Å². The van der Waals surface area contributed by atoms with Crippen molar-refractivity contribution in [2.45, 2.75) is 26.7 Å². The number of anilines is 1. The van der Waals surface area contributed by atoms with Crippen LogP contribution < -0.4 is 15.2 Å². The monoisotopic (exact) mass is 358 g/mol. The van der Waals surface area contributed by atoms with E-state index in [4.69, 9.17) is 20.2 Å². The standard InChI is InChI=1S/C16H18N6O2S/c1-9(2)5-13-18-14(7-15-19-20-16(17)25-15)22(21-13)10-3-4-11-12(6-10)24-8-23-11/h3-4,6,9H,5,7-8H2,1-2H3,(H2,17,20). The third kappa shape index (κ3) is 3.27. The normalized spacial score (nSPS) is 12.9. The average molecular weight is 358 g/mol. The highest BCUT2D eigenvalue weighted by Crippen LogP contribution is 2.34. The number of nitrogens with two attached hydrogens (primary N) is 1. The number of hydrogen-bond donors (Lipinski definition) is 1. The second-order valence-electron chi connectivity index (χ2n) is 6.20. The second kappa shape index (κ2) is 6.32. The predicted molar refractivity (Wildman–Crippen MR) is 93.2 cm³/mol. The van der Waals surface area contributed by atoms with Gasteiger partial charge in [0.1, 0.15) is 10.8 Å². The largest absolute Gasteiger partial charge is 0.454 e. The van der Waals surface area contributed by atoms with Crippen LogP contribution >= 0.6 is 11.3 Å². The zero-order valence-electron chi connectivity index (χ0n) is 14.0. The summed E-state index contributed by atoms with van der Waals surface area (Å²) in [6, 6.07) is 5.74. The molecule has 0 unspecified atom stereocenters. The van der Waals surface area contributed by atoms with E-state index in [1.165, 1.54) is 11.3 Å². The number of hydrogen-bond acceptors (Lipinski definition) is 8. The molecule has 0 aliphatic carbocycles. The van der Waals surface area contributed by atoms with Gasteiger partial charge < -0.3 is 15.2 Å². The molecule has 25 heavy (non-hydrogen) atoms. The van der Waals surface area contributed by atoms with Crippen molar-refractivity contribution >= 4 is 16.5 Å². The van der Waals surface area contributed by atoms with E-state index >= 15 is 0 Å². The number of ether oxygens (including phenoxy) is 2. The van der Waals surface area contributed by atoms with Crippen molar-refractivity contribution in [2.24, 2.45) is 5.92 Å². The van der Waals surface area contributed by atoms with Gasteiger partial charge >= 0.3 is 0 Å². The molecule has 0 bridgehead atoms. The van der Waals surface area contributed by atoms with Gasteiger partial charge in [-0.05, 0) is 18.1 Å². The van der Waals surface area contributed by atoms with Crippen LogP contribution in [0.4, 0.5) is 5.13 Å². The van der Waals surface area contributed by atoms with E-state index in [0.29, 0.717) is 23.2 Å². The van der Waals surface area contributed by atoms with Crippen molar-refractivity contribution in [3.8, 4) is 17.2 Å². The molecule has 9 heteroatoms. The fraction of sp³-hybridized carbons (Fsp3) is 0.375. The molecule has 3 heterocycles. The van der Waals surface area contributed by atoms with E-state index in [0.717, 1.165) is 34.5 Å². The molecule has 1 aliphatic heterocycles. The van der Waals surface area contributed by atoms with Crippen LogP contribution in [-0.2, 0) is 12.8 Å². The van der Waals surface area contributed by atoms with Crippen LogP contribution in [0.2, 0.25) is 0 Å². The minimum absolute atomic E-state index is 0.242. The van der Waals surface area contributed by atoms with Crippen molar-refractivity contribution in [3.05, 3.63) is 34.9 Å². The number of rotatable bonds is 5. The molecular formula is C16H18N6O2S. The molecule has 0 fully saturated rings. The zero-order chi connectivity index (χ0) is 17.4. The van der Waals surface area contributed by atoms with Gasteiger partial charge in [0.2, 0.25) is 11.9 Å². The number of fused-ring (bicyclic) bond motifs is 1. The number of nitrogens with zero attached hydrogens (tertiary/aromatic N) is 5. The molecule has 0 saturated heterocycles. The Labute approximate surface area is 148 Å². The quantitative estimate of drug-likeness (QED) is 0.746. The first kappa shape index (κ1) is 15.8. The van der Waals surface area contributed by atoms with Crippen LogP contribution in [0.1, 0.15) is 30.5 Å². The summed E-state index contributed by atoms with van der Waals surface area (Å²) in [7, 11) is 0. The topological polar surface area (TPSA) is 101 Å². The SMILES string of the molecule is CC(C)Cc1nc(Cc2nnc(N)s2)n(-c2ccc3c(c2)OCO3)n1. The molecule has 2 aromatic heterocycles. The molecule has 0 radical (unpaired) electrons. The van der Waals surface area contributed by atoms with Gasteiger partial charge in [0.15, 0.2) is 17.3 Å². The molecule has 1 aliphatic rings. The van der Waals surface area contributed by atoms with Crippen LogP contribution in [0, 0.1) is 5.92 Å². The minimum Gasteiger partial charge on any atom is -0.454 e. The van der Waals surface area contributed by atoms with Crippen molar-refractivity contribution in [3.63, 3.8) is 0 Å². The van der Waals surface area contributed by atoms with Gasteiger partial charge in [-0.3, -0.25) is 0 Å². The fourth-order valence-electron chi connectivity index (χ4n) is 2.65. The third-order valence-electron chi connectivity index (χ3n) is 3.70. The number of nitrogen functional groups attached to an aromatic ring is 1. The Kier molecular flexibility index (Phi) is 4.00. The Bertz CT molecular complexity index is 904. The smallest absolute Gasteiger partial charge is 0.231 e. The van der Waals surface area contributed by atoms with Crippen molar-refractivity contribution in [2.75, 3.05) is 12.5 Å². The first-order chi connectivity index (χ1) is 12.1. The molecule has 0 spiro atoms. The summed E-state index contributed by atoms with van der Waals surface area (Å²) in [6.07, 6.45) is 1.33. The van der Waals surface area contributed by atoms with Gasteiger partial charge in [0.25, 0.3) is 0 Å². The van der Waals surface area contributed by atoms with Crippen LogP contribution in [0.25, 0.3) is 5.69 Å². The minimum atomic E-state index is 0.242. The summed E-state index contributed by atoms with van der Waals surface area (Å²) < 4.78 is 12.7. The van der Waals surface area contributed by atoms with Gasteiger partial charge in [-0.2, -0.15) is 5.10 Å².